The minimum atomic E-state index is -0.289. The van der Waals surface area contributed by atoms with Crippen molar-refractivity contribution in [3.05, 3.63) is 34.6 Å². The van der Waals surface area contributed by atoms with Gasteiger partial charge >= 0.3 is 0 Å². The Kier molecular flexibility index (Phi) is 4.36. The molecule has 0 unspecified atom stereocenters. The molecule has 0 atom stereocenters. The summed E-state index contributed by atoms with van der Waals surface area (Å²) in [6.07, 6.45) is 0. The normalized spacial score (nSPS) is 10.9. The van der Waals surface area contributed by atoms with E-state index in [1.807, 2.05) is 0 Å². The van der Waals surface area contributed by atoms with E-state index in [1.54, 1.807) is 6.07 Å². The molecule has 0 radical (unpaired) electrons. The van der Waals surface area contributed by atoms with Crippen LogP contribution in [0.2, 0.25) is 5.02 Å². The van der Waals surface area contributed by atoms with Crippen LogP contribution in [0.3, 0.4) is 0 Å². The van der Waals surface area contributed by atoms with Gasteiger partial charge in [0, 0.05) is 11.6 Å². The first-order valence-corrected chi connectivity index (χ1v) is 5.12. The number of hydrogen-bond acceptors (Lipinski definition) is 1. The molecule has 1 rings (SSSR count). The number of benzene rings is 1. The van der Waals surface area contributed by atoms with E-state index in [4.69, 9.17) is 11.6 Å². The van der Waals surface area contributed by atoms with Crippen molar-refractivity contribution in [3.63, 3.8) is 0 Å². The van der Waals surface area contributed by atoms with Crippen LogP contribution in [0.5, 0.6) is 0 Å². The average molecular weight is 216 g/mol. The van der Waals surface area contributed by atoms with Crippen molar-refractivity contribution in [2.24, 2.45) is 5.92 Å². The van der Waals surface area contributed by atoms with E-state index in [-0.39, 0.29) is 5.82 Å². The van der Waals surface area contributed by atoms with Crippen molar-refractivity contribution in [1.29, 1.82) is 0 Å². The van der Waals surface area contributed by atoms with E-state index in [2.05, 4.69) is 19.2 Å². The smallest absolute Gasteiger partial charge is 0.124 e. The molecule has 14 heavy (non-hydrogen) atoms. The first kappa shape index (κ1) is 11.5. The number of hydrogen-bond donors (Lipinski definition) is 1. The quantitative estimate of drug-likeness (QED) is 0.813. The maximum absolute atomic E-state index is 12.7. The van der Waals surface area contributed by atoms with Gasteiger partial charge in [-0.25, -0.2) is 4.39 Å². The Morgan fingerprint density at radius 2 is 2.14 bits per heavy atom. The summed E-state index contributed by atoms with van der Waals surface area (Å²) in [5.74, 6) is 0.317. The minimum absolute atomic E-state index is 0.289. The van der Waals surface area contributed by atoms with E-state index < -0.39 is 0 Å². The highest BCUT2D eigenvalue weighted by Gasteiger charge is 2.01. The Labute approximate surface area is 89.3 Å². The third-order valence-electron chi connectivity index (χ3n) is 1.88. The van der Waals surface area contributed by atoms with E-state index >= 15 is 0 Å². The summed E-state index contributed by atoms with van der Waals surface area (Å²) >= 11 is 5.86. The SMILES string of the molecule is CC(C)CNCc1ccc(F)cc1Cl. The number of nitrogens with one attached hydrogen (secondary N) is 1. The average Bonchev–Trinajstić information content (AvgIpc) is 2.08. The van der Waals surface area contributed by atoms with Crippen LogP contribution in [0.25, 0.3) is 0 Å². The maximum Gasteiger partial charge on any atom is 0.124 e. The molecule has 1 aromatic rings. The van der Waals surface area contributed by atoms with Gasteiger partial charge in [0.25, 0.3) is 0 Å². The summed E-state index contributed by atoms with van der Waals surface area (Å²) < 4.78 is 12.7. The maximum atomic E-state index is 12.7. The fraction of sp³-hybridized carbons (Fsp3) is 0.455. The van der Waals surface area contributed by atoms with Crippen molar-refractivity contribution in [3.8, 4) is 0 Å². The highest BCUT2D eigenvalue weighted by Crippen LogP contribution is 2.16. The second kappa shape index (κ2) is 5.32. The molecule has 1 N–H and O–H groups in total. The summed E-state index contributed by atoms with van der Waals surface area (Å²) in [5, 5.41) is 3.74. The summed E-state index contributed by atoms with van der Waals surface area (Å²) in [6.45, 7) is 5.91. The van der Waals surface area contributed by atoms with Crippen LogP contribution in [0.1, 0.15) is 19.4 Å². The highest BCUT2D eigenvalue weighted by molar-refractivity contribution is 6.31. The Hall–Kier alpha value is -0.600. The van der Waals surface area contributed by atoms with Crippen molar-refractivity contribution < 1.29 is 4.39 Å². The predicted octanol–water partition coefficient (Wildman–Crippen LogP) is 3.22. The predicted molar refractivity (Wildman–Crippen MR) is 58.0 cm³/mol. The van der Waals surface area contributed by atoms with E-state index in [9.17, 15) is 4.39 Å². The van der Waals surface area contributed by atoms with Crippen LogP contribution in [0.15, 0.2) is 18.2 Å². The lowest BCUT2D eigenvalue weighted by molar-refractivity contribution is 0.551. The monoisotopic (exact) mass is 215 g/mol. The highest BCUT2D eigenvalue weighted by atomic mass is 35.5. The standard InChI is InChI=1S/C11H15ClFN/c1-8(2)6-14-7-9-3-4-10(13)5-11(9)12/h3-5,8,14H,6-7H2,1-2H3. The second-order valence-electron chi connectivity index (χ2n) is 3.76. The van der Waals surface area contributed by atoms with Crippen LogP contribution in [-0.2, 0) is 6.54 Å². The van der Waals surface area contributed by atoms with Gasteiger partial charge in [-0.1, -0.05) is 31.5 Å². The molecule has 1 nitrogen and oxygen atoms in total. The van der Waals surface area contributed by atoms with Crippen LogP contribution in [-0.4, -0.2) is 6.54 Å². The molecule has 0 aliphatic carbocycles. The molecule has 0 amide bonds. The first-order chi connectivity index (χ1) is 6.59. The lowest BCUT2D eigenvalue weighted by atomic mass is 10.2. The molecule has 0 bridgehead atoms. The van der Waals surface area contributed by atoms with E-state index in [0.717, 1.165) is 12.1 Å². The van der Waals surface area contributed by atoms with Crippen molar-refractivity contribution in [2.45, 2.75) is 20.4 Å². The lowest BCUT2D eigenvalue weighted by Gasteiger charge is -2.08. The number of rotatable bonds is 4. The minimum Gasteiger partial charge on any atom is -0.312 e. The van der Waals surface area contributed by atoms with Crippen molar-refractivity contribution in [2.75, 3.05) is 6.54 Å². The Balaban J connectivity index is 2.51. The van der Waals surface area contributed by atoms with Crippen molar-refractivity contribution in [1.82, 2.24) is 5.32 Å². The molecular formula is C11H15ClFN. The zero-order valence-corrected chi connectivity index (χ0v) is 9.24. The fourth-order valence-electron chi connectivity index (χ4n) is 1.16. The molecule has 0 aromatic heterocycles. The Morgan fingerprint density at radius 3 is 2.71 bits per heavy atom. The van der Waals surface area contributed by atoms with Gasteiger partial charge in [0.15, 0.2) is 0 Å². The zero-order valence-electron chi connectivity index (χ0n) is 8.48. The van der Waals surface area contributed by atoms with Crippen molar-refractivity contribution >= 4 is 11.6 Å². The molecule has 0 aliphatic heterocycles. The van der Waals surface area contributed by atoms with Gasteiger partial charge in [0.05, 0.1) is 0 Å². The van der Waals surface area contributed by atoms with E-state index in [1.165, 1.54) is 12.1 Å². The molecule has 0 saturated heterocycles. The number of halogens is 2. The fourth-order valence-corrected chi connectivity index (χ4v) is 1.39. The summed E-state index contributed by atoms with van der Waals surface area (Å²) in [4.78, 5) is 0. The summed E-state index contributed by atoms with van der Waals surface area (Å²) in [6, 6.07) is 4.48. The third-order valence-corrected chi connectivity index (χ3v) is 2.23. The van der Waals surface area contributed by atoms with E-state index in [0.29, 0.717) is 17.5 Å². The molecule has 0 heterocycles. The second-order valence-corrected chi connectivity index (χ2v) is 4.17. The summed E-state index contributed by atoms with van der Waals surface area (Å²) in [7, 11) is 0. The van der Waals surface area contributed by atoms with Gasteiger partial charge in [0.1, 0.15) is 5.82 Å². The molecule has 78 valence electrons. The first-order valence-electron chi connectivity index (χ1n) is 4.74. The lowest BCUT2D eigenvalue weighted by Crippen LogP contribution is -2.19. The van der Waals surface area contributed by atoms with Gasteiger partial charge in [-0.2, -0.15) is 0 Å². The van der Waals surface area contributed by atoms with Gasteiger partial charge in [0.2, 0.25) is 0 Å². The molecular weight excluding hydrogens is 201 g/mol. The molecule has 0 saturated carbocycles. The topological polar surface area (TPSA) is 12.0 Å². The van der Waals surface area contributed by atoms with Gasteiger partial charge < -0.3 is 5.32 Å². The summed E-state index contributed by atoms with van der Waals surface area (Å²) in [5.41, 5.74) is 0.939. The third kappa shape index (κ3) is 3.64. The zero-order chi connectivity index (χ0) is 10.6. The van der Waals surface area contributed by atoms with Crippen LogP contribution in [0, 0.1) is 11.7 Å². The van der Waals surface area contributed by atoms with Crippen LogP contribution in [0.4, 0.5) is 4.39 Å². The Bertz CT molecular complexity index is 299. The molecule has 3 heteroatoms. The largest absolute Gasteiger partial charge is 0.312 e. The van der Waals surface area contributed by atoms with Gasteiger partial charge in [-0.05, 0) is 30.2 Å². The molecule has 0 spiro atoms. The van der Waals surface area contributed by atoms with Crippen LogP contribution < -0.4 is 5.32 Å². The molecule has 0 fully saturated rings. The van der Waals surface area contributed by atoms with Crippen LogP contribution >= 0.6 is 11.6 Å². The van der Waals surface area contributed by atoms with Gasteiger partial charge in [-0.15, -0.1) is 0 Å². The molecule has 0 aliphatic rings. The Morgan fingerprint density at radius 1 is 1.43 bits per heavy atom. The van der Waals surface area contributed by atoms with Gasteiger partial charge in [-0.3, -0.25) is 0 Å². The molecule has 1 aromatic carbocycles.